The van der Waals surface area contributed by atoms with Crippen LogP contribution < -0.4 is 5.32 Å². The van der Waals surface area contributed by atoms with E-state index in [1.165, 1.54) is 7.11 Å². The Balaban J connectivity index is 1.87. The van der Waals surface area contributed by atoms with Crippen molar-refractivity contribution >= 4 is 28.4 Å². The summed E-state index contributed by atoms with van der Waals surface area (Å²) in [7, 11) is 1.30. The van der Waals surface area contributed by atoms with E-state index in [4.69, 9.17) is 4.74 Å². The fraction of sp³-hybridized carbons (Fsp3) is 0.350. The number of amides is 1. The van der Waals surface area contributed by atoms with Crippen molar-refractivity contribution in [1.29, 1.82) is 0 Å². The first-order valence-corrected chi connectivity index (χ1v) is 8.48. The molecule has 0 unspecified atom stereocenters. The van der Waals surface area contributed by atoms with Crippen LogP contribution in [0.25, 0.3) is 10.8 Å². The Morgan fingerprint density at radius 1 is 1.16 bits per heavy atom. The summed E-state index contributed by atoms with van der Waals surface area (Å²) >= 11 is 0. The molecule has 0 radical (unpaired) electrons. The van der Waals surface area contributed by atoms with E-state index in [0.29, 0.717) is 18.4 Å². The van der Waals surface area contributed by atoms with Gasteiger partial charge in [0.05, 0.1) is 7.11 Å². The average Bonchev–Trinajstić information content (AvgIpc) is 2.64. The maximum Gasteiger partial charge on any atom is 0.328 e. The van der Waals surface area contributed by atoms with E-state index in [-0.39, 0.29) is 17.6 Å². The molecule has 25 heavy (non-hydrogen) atoms. The fourth-order valence-corrected chi connectivity index (χ4v) is 3.48. The second-order valence-corrected chi connectivity index (χ2v) is 6.40. The van der Waals surface area contributed by atoms with Crippen LogP contribution in [0.15, 0.2) is 42.5 Å². The summed E-state index contributed by atoms with van der Waals surface area (Å²) in [6, 6.07) is 12.3. The molecule has 0 saturated heterocycles. The molecular weight excluding hydrogens is 318 g/mol. The topological polar surface area (TPSA) is 72.5 Å². The van der Waals surface area contributed by atoms with E-state index in [9.17, 15) is 14.4 Å². The molecule has 5 nitrogen and oxygen atoms in total. The van der Waals surface area contributed by atoms with E-state index in [2.05, 4.69) is 5.32 Å². The van der Waals surface area contributed by atoms with Gasteiger partial charge in [0.2, 0.25) is 0 Å². The van der Waals surface area contributed by atoms with Gasteiger partial charge in [-0.05, 0) is 35.6 Å². The molecule has 2 atom stereocenters. The van der Waals surface area contributed by atoms with E-state index >= 15 is 0 Å². The van der Waals surface area contributed by atoms with Gasteiger partial charge in [-0.15, -0.1) is 0 Å². The summed E-state index contributed by atoms with van der Waals surface area (Å²) in [5.41, 5.74) is 0.508. The van der Waals surface area contributed by atoms with Crippen molar-refractivity contribution in [2.45, 2.75) is 31.7 Å². The highest BCUT2D eigenvalue weighted by Gasteiger charge is 2.34. The van der Waals surface area contributed by atoms with Gasteiger partial charge < -0.3 is 10.1 Å². The molecule has 0 aromatic heterocycles. The minimum atomic E-state index is -0.805. The number of ether oxygens (including phenoxy) is 1. The highest BCUT2D eigenvalue weighted by Crippen LogP contribution is 2.26. The van der Waals surface area contributed by atoms with Crippen LogP contribution in [0.4, 0.5) is 0 Å². The van der Waals surface area contributed by atoms with Crippen LogP contribution in [0.1, 0.15) is 36.0 Å². The fourth-order valence-electron chi connectivity index (χ4n) is 3.48. The van der Waals surface area contributed by atoms with Crippen molar-refractivity contribution in [3.05, 3.63) is 48.0 Å². The molecule has 1 fully saturated rings. The minimum Gasteiger partial charge on any atom is -0.467 e. The number of benzene rings is 2. The smallest absolute Gasteiger partial charge is 0.328 e. The molecule has 1 saturated carbocycles. The SMILES string of the molecule is COC(=O)[C@H](NC(=O)c1cccc2ccccc12)[C@H]1CCCC(=O)C1. The van der Waals surface area contributed by atoms with Gasteiger partial charge in [0.15, 0.2) is 0 Å². The third kappa shape index (κ3) is 3.71. The predicted octanol–water partition coefficient (Wildman–Crippen LogP) is 2.87. The van der Waals surface area contributed by atoms with Crippen LogP contribution in [0.5, 0.6) is 0 Å². The third-order valence-electron chi connectivity index (χ3n) is 4.77. The largest absolute Gasteiger partial charge is 0.467 e. The highest BCUT2D eigenvalue weighted by atomic mass is 16.5. The van der Waals surface area contributed by atoms with Crippen molar-refractivity contribution in [3.63, 3.8) is 0 Å². The van der Waals surface area contributed by atoms with E-state index in [0.717, 1.165) is 23.6 Å². The summed E-state index contributed by atoms with van der Waals surface area (Å²) < 4.78 is 4.86. The number of esters is 1. The molecule has 1 N–H and O–H groups in total. The summed E-state index contributed by atoms with van der Waals surface area (Å²) in [5, 5.41) is 4.58. The number of carbonyl (C=O) groups is 3. The van der Waals surface area contributed by atoms with Crippen molar-refractivity contribution in [3.8, 4) is 0 Å². The normalized spacial score (nSPS) is 18.6. The molecule has 0 spiro atoms. The second-order valence-electron chi connectivity index (χ2n) is 6.40. The lowest BCUT2D eigenvalue weighted by Gasteiger charge is -2.28. The summed E-state index contributed by atoms with van der Waals surface area (Å²) in [5.74, 6) is -0.921. The van der Waals surface area contributed by atoms with Crippen molar-refractivity contribution < 1.29 is 19.1 Å². The lowest BCUT2D eigenvalue weighted by atomic mass is 9.83. The summed E-state index contributed by atoms with van der Waals surface area (Å²) in [6.45, 7) is 0. The zero-order valence-corrected chi connectivity index (χ0v) is 14.2. The first-order valence-electron chi connectivity index (χ1n) is 8.48. The summed E-state index contributed by atoms with van der Waals surface area (Å²) in [6.07, 6.45) is 2.31. The van der Waals surface area contributed by atoms with Gasteiger partial charge in [-0.2, -0.15) is 0 Å². The van der Waals surface area contributed by atoms with E-state index in [1.54, 1.807) is 6.07 Å². The van der Waals surface area contributed by atoms with Crippen LogP contribution in [0, 0.1) is 5.92 Å². The number of hydrogen-bond acceptors (Lipinski definition) is 4. The Morgan fingerprint density at radius 3 is 2.68 bits per heavy atom. The number of methoxy groups -OCH3 is 1. The molecule has 130 valence electrons. The predicted molar refractivity (Wildman–Crippen MR) is 94.2 cm³/mol. The molecule has 5 heteroatoms. The zero-order valence-electron chi connectivity index (χ0n) is 14.2. The molecular formula is C20H21NO4. The monoisotopic (exact) mass is 339 g/mol. The number of hydrogen-bond donors (Lipinski definition) is 1. The molecule has 0 bridgehead atoms. The Kier molecular flexibility index (Phi) is 5.12. The van der Waals surface area contributed by atoms with Gasteiger partial charge in [-0.3, -0.25) is 9.59 Å². The quantitative estimate of drug-likeness (QED) is 0.870. The molecule has 0 aliphatic heterocycles. The number of rotatable bonds is 4. The first-order chi connectivity index (χ1) is 12.1. The number of ketones is 1. The van der Waals surface area contributed by atoms with Gasteiger partial charge in [0, 0.05) is 18.4 Å². The van der Waals surface area contributed by atoms with Crippen LogP contribution >= 0.6 is 0 Å². The lowest BCUT2D eigenvalue weighted by molar-refractivity contribution is -0.145. The minimum absolute atomic E-state index is 0.129. The number of Topliss-reactive ketones (excluding diaryl/α,β-unsaturated/α-hetero) is 1. The molecule has 2 aromatic carbocycles. The van der Waals surface area contributed by atoms with Gasteiger partial charge in [-0.1, -0.05) is 36.4 Å². The van der Waals surface area contributed by atoms with Gasteiger partial charge >= 0.3 is 5.97 Å². The Hall–Kier alpha value is -2.69. The molecule has 0 heterocycles. The van der Waals surface area contributed by atoms with E-state index in [1.807, 2.05) is 36.4 Å². The third-order valence-corrected chi connectivity index (χ3v) is 4.77. The van der Waals surface area contributed by atoms with Crippen LogP contribution in [0.3, 0.4) is 0 Å². The number of fused-ring (bicyclic) bond motifs is 1. The Labute approximate surface area is 146 Å². The average molecular weight is 339 g/mol. The van der Waals surface area contributed by atoms with Gasteiger partial charge in [0.25, 0.3) is 5.91 Å². The van der Waals surface area contributed by atoms with Crippen molar-refractivity contribution in [2.75, 3.05) is 7.11 Å². The number of nitrogens with one attached hydrogen (secondary N) is 1. The first kappa shape index (κ1) is 17.1. The van der Waals surface area contributed by atoms with Crippen LogP contribution in [0.2, 0.25) is 0 Å². The van der Waals surface area contributed by atoms with Gasteiger partial charge in [0.1, 0.15) is 11.8 Å². The summed E-state index contributed by atoms with van der Waals surface area (Å²) in [4.78, 5) is 36.8. The van der Waals surface area contributed by atoms with Crippen molar-refractivity contribution in [1.82, 2.24) is 5.32 Å². The van der Waals surface area contributed by atoms with E-state index < -0.39 is 12.0 Å². The van der Waals surface area contributed by atoms with Crippen LogP contribution in [-0.2, 0) is 14.3 Å². The molecule has 1 aliphatic carbocycles. The Morgan fingerprint density at radius 2 is 1.92 bits per heavy atom. The zero-order chi connectivity index (χ0) is 17.8. The highest BCUT2D eigenvalue weighted by molar-refractivity contribution is 6.08. The second kappa shape index (κ2) is 7.47. The Bertz CT molecular complexity index is 809. The van der Waals surface area contributed by atoms with Gasteiger partial charge in [-0.25, -0.2) is 4.79 Å². The molecule has 1 amide bonds. The van der Waals surface area contributed by atoms with Crippen molar-refractivity contribution in [2.24, 2.45) is 5.92 Å². The number of carbonyl (C=O) groups excluding carboxylic acids is 3. The van der Waals surface area contributed by atoms with Crippen LogP contribution in [-0.4, -0.2) is 30.8 Å². The lowest BCUT2D eigenvalue weighted by Crippen LogP contribution is -2.48. The molecule has 1 aliphatic rings. The maximum atomic E-state index is 12.8. The molecule has 2 aromatic rings. The maximum absolute atomic E-state index is 12.8. The standard InChI is InChI=1S/C20H21NO4/c1-25-20(24)18(14-8-4-9-15(22)12-14)21-19(23)17-11-5-7-13-6-2-3-10-16(13)17/h2-3,5-7,10-11,14,18H,4,8-9,12H2,1H3,(H,21,23)/t14-,18+/m0/s1. The molecule has 3 rings (SSSR count).